The van der Waals surface area contributed by atoms with Crippen LogP contribution in [0.2, 0.25) is 0 Å². The Labute approximate surface area is 202 Å². The fourth-order valence-corrected chi connectivity index (χ4v) is 3.72. The highest BCUT2D eigenvalue weighted by molar-refractivity contribution is 9.10. The number of rotatable bonds is 7. The third-order valence-electron chi connectivity index (χ3n) is 4.87. The third-order valence-corrected chi connectivity index (χ3v) is 5.61. The number of anilines is 1. The predicted octanol–water partition coefficient (Wildman–Crippen LogP) is 4.13. The van der Waals surface area contributed by atoms with Crippen molar-refractivity contribution in [2.24, 2.45) is 5.73 Å². The summed E-state index contributed by atoms with van der Waals surface area (Å²) >= 11 is 3.38. The SMILES string of the molecule is Cl.Nc1nc(Oc2ccc(C[C@H](N)C(=O)O)cc2)c2ccn(Cc3ccc(F)cc3Br)c2n1. The van der Waals surface area contributed by atoms with Crippen molar-refractivity contribution in [1.29, 1.82) is 0 Å². The summed E-state index contributed by atoms with van der Waals surface area (Å²) < 4.78 is 21.8. The van der Waals surface area contributed by atoms with Gasteiger partial charge in [-0.2, -0.15) is 9.97 Å². The van der Waals surface area contributed by atoms with Crippen LogP contribution in [0.4, 0.5) is 10.3 Å². The van der Waals surface area contributed by atoms with Crippen LogP contribution in [0.1, 0.15) is 11.1 Å². The lowest BCUT2D eigenvalue weighted by Gasteiger charge is -2.10. The number of carbonyl (C=O) groups is 1. The number of halogens is 3. The summed E-state index contributed by atoms with van der Waals surface area (Å²) in [6.45, 7) is 0.443. The molecule has 0 aliphatic rings. The Hall–Kier alpha value is -3.21. The Kier molecular flexibility index (Phi) is 7.52. The minimum Gasteiger partial charge on any atom is -0.480 e. The molecule has 172 valence electrons. The topological polar surface area (TPSA) is 129 Å². The van der Waals surface area contributed by atoms with Gasteiger partial charge >= 0.3 is 5.97 Å². The lowest BCUT2D eigenvalue weighted by atomic mass is 10.1. The van der Waals surface area contributed by atoms with Gasteiger partial charge in [-0.05, 0) is 47.9 Å². The van der Waals surface area contributed by atoms with E-state index in [0.29, 0.717) is 33.7 Å². The van der Waals surface area contributed by atoms with Gasteiger partial charge in [-0.25, -0.2) is 4.39 Å². The van der Waals surface area contributed by atoms with E-state index >= 15 is 0 Å². The molecule has 2 aromatic carbocycles. The van der Waals surface area contributed by atoms with E-state index in [4.69, 9.17) is 21.3 Å². The zero-order valence-corrected chi connectivity index (χ0v) is 19.5. The monoisotopic (exact) mass is 535 g/mol. The summed E-state index contributed by atoms with van der Waals surface area (Å²) in [5.74, 6) is -0.530. The van der Waals surface area contributed by atoms with E-state index in [-0.39, 0.29) is 30.6 Å². The van der Waals surface area contributed by atoms with E-state index in [2.05, 4.69) is 25.9 Å². The van der Waals surface area contributed by atoms with Gasteiger partial charge in [0.2, 0.25) is 11.8 Å². The standard InChI is InChI=1S/C22H19BrFN5O3.ClH/c23-17-10-14(24)4-3-13(17)11-29-8-7-16-19(29)27-22(26)28-20(16)32-15-5-1-12(2-6-15)9-18(25)21(30)31;/h1-8,10,18H,9,11,25H2,(H,30,31)(H2,26,27,28);1H/t18-;/m0./s1. The summed E-state index contributed by atoms with van der Waals surface area (Å²) in [6.07, 6.45) is 2.04. The van der Waals surface area contributed by atoms with Gasteiger partial charge < -0.3 is 25.9 Å². The van der Waals surface area contributed by atoms with Gasteiger partial charge in [0.1, 0.15) is 23.3 Å². The lowest BCUT2D eigenvalue weighted by Crippen LogP contribution is -2.32. The van der Waals surface area contributed by atoms with Crippen molar-refractivity contribution in [2.75, 3.05) is 5.73 Å². The lowest BCUT2D eigenvalue weighted by molar-refractivity contribution is -0.138. The van der Waals surface area contributed by atoms with E-state index in [1.807, 2.05) is 16.8 Å². The normalized spacial score (nSPS) is 11.7. The predicted molar refractivity (Wildman–Crippen MR) is 128 cm³/mol. The van der Waals surface area contributed by atoms with Crippen LogP contribution in [0.5, 0.6) is 11.6 Å². The molecule has 0 spiro atoms. The van der Waals surface area contributed by atoms with Crippen molar-refractivity contribution >= 4 is 51.3 Å². The molecule has 2 heterocycles. The van der Waals surface area contributed by atoms with Gasteiger partial charge in [0.05, 0.1) is 11.9 Å². The van der Waals surface area contributed by atoms with Crippen LogP contribution in [0.25, 0.3) is 11.0 Å². The van der Waals surface area contributed by atoms with Crippen molar-refractivity contribution in [3.8, 4) is 11.6 Å². The number of ether oxygens (including phenoxy) is 1. The maximum absolute atomic E-state index is 13.4. The van der Waals surface area contributed by atoms with Gasteiger partial charge in [0, 0.05) is 10.7 Å². The average molecular weight is 537 g/mol. The smallest absolute Gasteiger partial charge is 0.320 e. The number of aliphatic carboxylic acids is 1. The molecule has 5 N–H and O–H groups in total. The highest BCUT2D eigenvalue weighted by Crippen LogP contribution is 2.30. The largest absolute Gasteiger partial charge is 0.480 e. The van der Waals surface area contributed by atoms with E-state index in [1.165, 1.54) is 12.1 Å². The fraction of sp³-hybridized carbons (Fsp3) is 0.136. The van der Waals surface area contributed by atoms with Crippen LogP contribution < -0.4 is 16.2 Å². The highest BCUT2D eigenvalue weighted by Gasteiger charge is 2.15. The molecule has 33 heavy (non-hydrogen) atoms. The third kappa shape index (κ3) is 5.59. The molecule has 4 aromatic rings. The van der Waals surface area contributed by atoms with Crippen molar-refractivity contribution < 1.29 is 19.0 Å². The maximum atomic E-state index is 13.4. The number of carboxylic acid groups (broad SMARTS) is 1. The second-order valence-corrected chi connectivity index (χ2v) is 8.05. The summed E-state index contributed by atoms with van der Waals surface area (Å²) in [5.41, 5.74) is 13.7. The molecule has 0 bridgehead atoms. The number of aromatic nitrogens is 3. The van der Waals surface area contributed by atoms with Crippen LogP contribution in [-0.4, -0.2) is 31.7 Å². The molecule has 11 heteroatoms. The van der Waals surface area contributed by atoms with Gasteiger partial charge in [0.25, 0.3) is 0 Å². The first-order chi connectivity index (χ1) is 15.3. The van der Waals surface area contributed by atoms with Crippen molar-refractivity contribution in [3.63, 3.8) is 0 Å². The van der Waals surface area contributed by atoms with E-state index in [9.17, 15) is 9.18 Å². The molecule has 0 saturated heterocycles. The van der Waals surface area contributed by atoms with E-state index < -0.39 is 12.0 Å². The Bertz CT molecular complexity index is 1300. The minimum atomic E-state index is -1.05. The Morgan fingerprint density at radius 3 is 2.58 bits per heavy atom. The first kappa shape index (κ1) is 24.4. The number of nitrogen functional groups attached to an aromatic ring is 1. The summed E-state index contributed by atoms with van der Waals surface area (Å²) in [5, 5.41) is 9.61. The Morgan fingerprint density at radius 1 is 1.18 bits per heavy atom. The van der Waals surface area contributed by atoms with Crippen LogP contribution >= 0.6 is 28.3 Å². The average Bonchev–Trinajstić information content (AvgIpc) is 3.14. The number of hydrogen-bond acceptors (Lipinski definition) is 6. The maximum Gasteiger partial charge on any atom is 0.320 e. The van der Waals surface area contributed by atoms with Crippen molar-refractivity contribution in [1.82, 2.24) is 14.5 Å². The molecule has 0 aliphatic carbocycles. The first-order valence-corrected chi connectivity index (χ1v) is 10.4. The second kappa shape index (κ2) is 10.2. The molecule has 0 unspecified atom stereocenters. The molecule has 0 aliphatic heterocycles. The zero-order chi connectivity index (χ0) is 22.8. The zero-order valence-electron chi connectivity index (χ0n) is 17.1. The van der Waals surface area contributed by atoms with Crippen LogP contribution in [0.3, 0.4) is 0 Å². The number of benzene rings is 2. The number of carboxylic acids is 1. The minimum absolute atomic E-state index is 0. The molecule has 1 atom stereocenters. The van der Waals surface area contributed by atoms with Crippen LogP contribution in [-0.2, 0) is 17.8 Å². The summed E-state index contributed by atoms with van der Waals surface area (Å²) in [7, 11) is 0. The first-order valence-electron chi connectivity index (χ1n) is 9.61. The van der Waals surface area contributed by atoms with Crippen molar-refractivity contribution in [2.45, 2.75) is 19.0 Å². The summed E-state index contributed by atoms with van der Waals surface area (Å²) in [6, 6.07) is 12.3. The van der Waals surface area contributed by atoms with Gasteiger partial charge in [-0.1, -0.05) is 34.1 Å². The molecule has 0 saturated carbocycles. The molecule has 0 amide bonds. The van der Waals surface area contributed by atoms with E-state index in [1.54, 1.807) is 30.3 Å². The Morgan fingerprint density at radius 2 is 1.91 bits per heavy atom. The quantitative estimate of drug-likeness (QED) is 0.324. The Balaban J connectivity index is 0.00000306. The molecule has 0 fully saturated rings. The van der Waals surface area contributed by atoms with Gasteiger partial charge in [0.15, 0.2) is 0 Å². The molecule has 0 radical (unpaired) electrons. The van der Waals surface area contributed by atoms with Gasteiger partial charge in [-0.15, -0.1) is 12.4 Å². The number of nitrogens with zero attached hydrogens (tertiary/aromatic N) is 3. The number of hydrogen-bond donors (Lipinski definition) is 3. The molecular formula is C22H20BrClFN5O3. The summed E-state index contributed by atoms with van der Waals surface area (Å²) in [4.78, 5) is 19.5. The van der Waals surface area contributed by atoms with Crippen LogP contribution in [0, 0.1) is 5.82 Å². The molecule has 8 nitrogen and oxygen atoms in total. The molecule has 2 aromatic heterocycles. The van der Waals surface area contributed by atoms with Crippen molar-refractivity contribution in [3.05, 3.63) is 76.1 Å². The number of nitrogens with two attached hydrogens (primary N) is 2. The molecular weight excluding hydrogens is 517 g/mol. The van der Waals surface area contributed by atoms with E-state index in [0.717, 1.165) is 11.1 Å². The fourth-order valence-electron chi connectivity index (χ4n) is 3.24. The second-order valence-electron chi connectivity index (χ2n) is 7.20. The molecule has 4 rings (SSSR count). The highest BCUT2D eigenvalue weighted by atomic mass is 79.9. The number of fused-ring (bicyclic) bond motifs is 1. The van der Waals surface area contributed by atoms with Crippen LogP contribution in [0.15, 0.2) is 59.2 Å². The van der Waals surface area contributed by atoms with Gasteiger partial charge in [-0.3, -0.25) is 4.79 Å².